The summed E-state index contributed by atoms with van der Waals surface area (Å²) >= 11 is 24.6. The van der Waals surface area contributed by atoms with Crippen LogP contribution in [0, 0.1) is 11.3 Å². The predicted octanol–water partition coefficient (Wildman–Crippen LogP) is 6.10. The Labute approximate surface area is 136 Å². The molecule has 0 nitrogen and oxygen atoms in total. The summed E-state index contributed by atoms with van der Waals surface area (Å²) in [5, 5.41) is 0. The molecule has 1 heterocycles. The molecule has 0 spiro atoms. The van der Waals surface area contributed by atoms with E-state index in [0.717, 1.165) is 21.9 Å². The topological polar surface area (TPSA) is 0 Å². The van der Waals surface area contributed by atoms with Gasteiger partial charge in [-0.05, 0) is 28.9 Å². The Kier molecular flexibility index (Phi) is 6.43. The van der Waals surface area contributed by atoms with Crippen LogP contribution in [-0.4, -0.2) is 19.9 Å². The highest BCUT2D eigenvalue weighted by atomic mass is 79.9. The van der Waals surface area contributed by atoms with E-state index in [0.29, 0.717) is 10.00 Å². The van der Waals surface area contributed by atoms with Gasteiger partial charge in [0, 0.05) is 4.48 Å². The fourth-order valence-electron chi connectivity index (χ4n) is 1.39. The van der Waals surface area contributed by atoms with E-state index in [1.54, 1.807) is 6.08 Å². The smallest absolute Gasteiger partial charge is 0.142 e. The van der Waals surface area contributed by atoms with Gasteiger partial charge in [0.2, 0.25) is 3.79 Å². The SMILES string of the molecule is CC(C)(C)[C@H]1CS[C@H](/C(Br)=C\C(Cl)(Cl)Cl)SC1. The summed E-state index contributed by atoms with van der Waals surface area (Å²) in [6, 6.07) is 0. The van der Waals surface area contributed by atoms with Gasteiger partial charge in [-0.1, -0.05) is 71.5 Å². The molecular formula is C11H16BrCl3S2. The Morgan fingerprint density at radius 1 is 1.18 bits per heavy atom. The van der Waals surface area contributed by atoms with Gasteiger partial charge in [0.05, 0.1) is 4.58 Å². The molecule has 1 fully saturated rings. The van der Waals surface area contributed by atoms with Crippen molar-refractivity contribution in [2.45, 2.75) is 29.1 Å². The van der Waals surface area contributed by atoms with E-state index < -0.39 is 3.79 Å². The molecular weight excluding hydrogens is 383 g/mol. The maximum Gasteiger partial charge on any atom is 0.210 e. The largest absolute Gasteiger partial charge is 0.210 e. The molecule has 0 radical (unpaired) electrons. The van der Waals surface area contributed by atoms with Gasteiger partial charge in [0.25, 0.3) is 0 Å². The van der Waals surface area contributed by atoms with E-state index in [-0.39, 0.29) is 0 Å². The van der Waals surface area contributed by atoms with Crippen LogP contribution in [0.2, 0.25) is 0 Å². The molecule has 1 saturated heterocycles. The first-order chi connectivity index (χ1) is 7.59. The van der Waals surface area contributed by atoms with Crippen LogP contribution in [0.4, 0.5) is 0 Å². The van der Waals surface area contributed by atoms with Crippen LogP contribution in [-0.2, 0) is 0 Å². The quantitative estimate of drug-likeness (QED) is 0.489. The summed E-state index contributed by atoms with van der Waals surface area (Å²) in [5.41, 5.74) is 0.371. The molecule has 0 unspecified atom stereocenters. The van der Waals surface area contributed by atoms with Crippen molar-refractivity contribution in [3.05, 3.63) is 10.6 Å². The van der Waals surface area contributed by atoms with Crippen LogP contribution in [0.1, 0.15) is 20.8 Å². The highest BCUT2D eigenvalue weighted by Crippen LogP contribution is 2.46. The number of thioether (sulfide) groups is 2. The zero-order chi connectivity index (χ0) is 13.3. The summed E-state index contributed by atoms with van der Waals surface area (Å²) in [6.07, 6.45) is 1.65. The molecule has 1 aliphatic heterocycles. The van der Waals surface area contributed by atoms with Gasteiger partial charge in [0.1, 0.15) is 0 Å². The Morgan fingerprint density at radius 3 is 2.00 bits per heavy atom. The van der Waals surface area contributed by atoms with E-state index in [2.05, 4.69) is 36.7 Å². The van der Waals surface area contributed by atoms with Gasteiger partial charge in [-0.15, -0.1) is 23.5 Å². The van der Waals surface area contributed by atoms with E-state index in [1.165, 1.54) is 0 Å². The first-order valence-corrected chi connectivity index (χ1v) is 9.30. The number of hydrogen-bond donors (Lipinski definition) is 0. The van der Waals surface area contributed by atoms with E-state index in [4.69, 9.17) is 34.8 Å². The summed E-state index contributed by atoms with van der Waals surface area (Å²) in [7, 11) is 0. The standard InChI is InChI=1S/C11H16BrCl3S2/c1-10(2,3)7-5-16-9(17-6-7)8(12)4-11(13,14)15/h4,7,9H,5-6H2,1-3H3/b8-4+/t7-,9-. The fraction of sp³-hybridized carbons (Fsp3) is 0.818. The molecule has 0 N–H and O–H groups in total. The first kappa shape index (κ1) is 16.8. The lowest BCUT2D eigenvalue weighted by atomic mass is 9.83. The lowest BCUT2D eigenvalue weighted by molar-refractivity contribution is 0.293. The molecule has 1 rings (SSSR count). The van der Waals surface area contributed by atoms with Crippen molar-refractivity contribution in [3.63, 3.8) is 0 Å². The number of halogens is 4. The molecule has 0 atom stereocenters. The lowest BCUT2D eigenvalue weighted by Gasteiger charge is -2.36. The second-order valence-electron chi connectivity index (χ2n) is 5.13. The lowest BCUT2D eigenvalue weighted by Crippen LogP contribution is -2.29. The Balaban J connectivity index is 2.56. The van der Waals surface area contributed by atoms with Crippen molar-refractivity contribution >= 4 is 74.3 Å². The second-order valence-corrected chi connectivity index (χ2v) is 11.0. The minimum atomic E-state index is -1.32. The molecule has 0 amide bonds. The minimum Gasteiger partial charge on any atom is -0.142 e. The second kappa shape index (κ2) is 6.49. The number of hydrogen-bond acceptors (Lipinski definition) is 2. The summed E-state index contributed by atoms with van der Waals surface area (Å²) in [4.78, 5) is 0. The third kappa shape index (κ3) is 6.18. The number of alkyl halides is 3. The van der Waals surface area contributed by atoms with E-state index >= 15 is 0 Å². The molecule has 0 saturated carbocycles. The maximum atomic E-state index is 5.75. The van der Waals surface area contributed by atoms with Gasteiger partial charge in [-0.3, -0.25) is 0 Å². The van der Waals surface area contributed by atoms with Crippen molar-refractivity contribution in [3.8, 4) is 0 Å². The molecule has 0 aromatic rings. The van der Waals surface area contributed by atoms with Crippen molar-refractivity contribution in [1.82, 2.24) is 0 Å². The van der Waals surface area contributed by atoms with Gasteiger partial charge in [0.15, 0.2) is 0 Å². The molecule has 0 bridgehead atoms. The highest BCUT2D eigenvalue weighted by Gasteiger charge is 2.32. The minimum absolute atomic E-state index is 0.351. The third-order valence-corrected chi connectivity index (χ3v) is 7.39. The molecule has 0 aliphatic carbocycles. The van der Waals surface area contributed by atoms with Crippen molar-refractivity contribution in [2.75, 3.05) is 11.5 Å². The first-order valence-electron chi connectivity index (χ1n) is 5.28. The maximum absolute atomic E-state index is 5.75. The van der Waals surface area contributed by atoms with Gasteiger partial charge < -0.3 is 0 Å². The zero-order valence-electron chi connectivity index (χ0n) is 9.97. The van der Waals surface area contributed by atoms with E-state index in [1.807, 2.05) is 23.5 Å². The molecule has 0 aromatic carbocycles. The van der Waals surface area contributed by atoms with Crippen LogP contribution >= 0.6 is 74.3 Å². The van der Waals surface area contributed by atoms with Gasteiger partial charge in [-0.25, -0.2) is 0 Å². The van der Waals surface area contributed by atoms with Crippen LogP contribution in [0.3, 0.4) is 0 Å². The summed E-state index contributed by atoms with van der Waals surface area (Å²) in [6.45, 7) is 6.89. The summed E-state index contributed by atoms with van der Waals surface area (Å²) < 4.78 is 0.00460. The number of allylic oxidation sites excluding steroid dienone is 1. The highest BCUT2D eigenvalue weighted by molar-refractivity contribution is 9.12. The van der Waals surface area contributed by atoms with Crippen LogP contribution in [0.5, 0.6) is 0 Å². The average molecular weight is 399 g/mol. The molecule has 0 aromatic heterocycles. The molecule has 1 aliphatic rings. The van der Waals surface area contributed by atoms with Crippen molar-refractivity contribution < 1.29 is 0 Å². The van der Waals surface area contributed by atoms with Crippen LogP contribution in [0.25, 0.3) is 0 Å². The molecule has 17 heavy (non-hydrogen) atoms. The molecule has 100 valence electrons. The van der Waals surface area contributed by atoms with Crippen LogP contribution < -0.4 is 0 Å². The monoisotopic (exact) mass is 396 g/mol. The zero-order valence-corrected chi connectivity index (χ0v) is 15.5. The van der Waals surface area contributed by atoms with Crippen molar-refractivity contribution in [1.29, 1.82) is 0 Å². The van der Waals surface area contributed by atoms with Gasteiger partial charge >= 0.3 is 0 Å². The third-order valence-electron chi connectivity index (χ3n) is 2.65. The average Bonchev–Trinajstić information content (AvgIpc) is 2.14. The fourth-order valence-corrected chi connectivity index (χ4v) is 6.78. The normalized spacial score (nSPS) is 28.3. The molecule has 6 heteroatoms. The Morgan fingerprint density at radius 2 is 1.65 bits per heavy atom. The predicted molar refractivity (Wildman–Crippen MR) is 88.9 cm³/mol. The number of rotatable bonds is 1. The van der Waals surface area contributed by atoms with E-state index in [9.17, 15) is 0 Å². The Bertz CT molecular complexity index is 286. The van der Waals surface area contributed by atoms with Crippen LogP contribution in [0.15, 0.2) is 10.6 Å². The Hall–Kier alpha value is 1.79. The van der Waals surface area contributed by atoms with Crippen molar-refractivity contribution in [2.24, 2.45) is 11.3 Å². The summed E-state index contributed by atoms with van der Waals surface area (Å²) in [5.74, 6) is 3.05. The van der Waals surface area contributed by atoms with Gasteiger partial charge in [-0.2, -0.15) is 0 Å².